The summed E-state index contributed by atoms with van der Waals surface area (Å²) in [5.74, 6) is -0.413. The smallest absolute Gasteiger partial charge is 0.339 e. The largest absolute Gasteiger partial charge is 0.496 e. The molecule has 0 aliphatic rings. The molecule has 2 aromatic rings. The number of aromatic nitrogens is 2. The van der Waals surface area contributed by atoms with Crippen LogP contribution in [0.3, 0.4) is 0 Å². The number of carboxylic acids is 1. The molecule has 0 fully saturated rings. The Bertz CT molecular complexity index is 519. The number of carboxylic acid groups (broad SMARTS) is 1. The van der Waals surface area contributed by atoms with Gasteiger partial charge in [0.05, 0.1) is 19.0 Å². The van der Waals surface area contributed by atoms with Gasteiger partial charge in [0.15, 0.2) is 0 Å². The fourth-order valence-electron chi connectivity index (χ4n) is 1.50. The Morgan fingerprint density at radius 2 is 2.19 bits per heavy atom. The van der Waals surface area contributed by atoms with Gasteiger partial charge in [-0.15, -0.1) is 0 Å². The van der Waals surface area contributed by atoms with Crippen molar-refractivity contribution < 1.29 is 14.6 Å². The van der Waals surface area contributed by atoms with Crippen LogP contribution in [0.25, 0.3) is 11.3 Å². The molecule has 0 aliphatic carbocycles. The van der Waals surface area contributed by atoms with Crippen molar-refractivity contribution in [3.8, 4) is 17.0 Å². The zero-order valence-corrected chi connectivity index (χ0v) is 8.60. The molecular weight excluding hydrogens is 208 g/mol. The van der Waals surface area contributed by atoms with Crippen molar-refractivity contribution in [2.75, 3.05) is 7.11 Å². The van der Waals surface area contributed by atoms with E-state index < -0.39 is 5.97 Å². The molecular formula is C11H10N2O3. The fraction of sp³-hybridized carbons (Fsp3) is 0.0909. The topological polar surface area (TPSA) is 75.2 Å². The quantitative estimate of drug-likeness (QED) is 0.823. The van der Waals surface area contributed by atoms with E-state index in [0.717, 1.165) is 0 Å². The number of aromatic amines is 1. The fourth-order valence-corrected chi connectivity index (χ4v) is 1.50. The van der Waals surface area contributed by atoms with Gasteiger partial charge < -0.3 is 9.84 Å². The Morgan fingerprint density at radius 1 is 1.44 bits per heavy atom. The van der Waals surface area contributed by atoms with E-state index in [0.29, 0.717) is 17.0 Å². The van der Waals surface area contributed by atoms with Crippen molar-refractivity contribution in [1.82, 2.24) is 10.2 Å². The third-order valence-electron chi connectivity index (χ3n) is 2.25. The zero-order valence-electron chi connectivity index (χ0n) is 8.60. The first-order valence-corrected chi connectivity index (χ1v) is 4.64. The van der Waals surface area contributed by atoms with Gasteiger partial charge in [-0.3, -0.25) is 5.10 Å². The average Bonchev–Trinajstić information content (AvgIpc) is 2.77. The third kappa shape index (κ3) is 1.63. The second-order valence-electron chi connectivity index (χ2n) is 3.16. The number of benzene rings is 1. The first-order chi connectivity index (χ1) is 7.74. The van der Waals surface area contributed by atoms with E-state index in [2.05, 4.69) is 10.2 Å². The number of para-hydroxylation sites is 1. The highest BCUT2D eigenvalue weighted by Gasteiger charge is 2.16. The Morgan fingerprint density at radius 3 is 2.88 bits per heavy atom. The van der Waals surface area contributed by atoms with E-state index in [-0.39, 0.29) is 5.56 Å². The minimum atomic E-state index is -1.02. The maximum absolute atomic E-state index is 11.0. The Kier molecular flexibility index (Phi) is 2.59. The van der Waals surface area contributed by atoms with Crippen LogP contribution in [-0.2, 0) is 0 Å². The number of hydrogen-bond donors (Lipinski definition) is 2. The highest BCUT2D eigenvalue weighted by atomic mass is 16.5. The molecule has 1 aromatic carbocycles. The number of nitrogens with zero attached hydrogens (tertiary/aromatic N) is 1. The lowest BCUT2D eigenvalue weighted by Gasteiger charge is -2.06. The van der Waals surface area contributed by atoms with Crippen molar-refractivity contribution in [2.24, 2.45) is 0 Å². The molecule has 2 rings (SSSR count). The molecule has 0 bridgehead atoms. The predicted octanol–water partition coefficient (Wildman–Crippen LogP) is 1.78. The summed E-state index contributed by atoms with van der Waals surface area (Å²) >= 11 is 0. The van der Waals surface area contributed by atoms with E-state index in [1.807, 2.05) is 12.1 Å². The summed E-state index contributed by atoms with van der Waals surface area (Å²) in [7, 11) is 1.54. The Hall–Kier alpha value is -2.30. The number of methoxy groups -OCH3 is 1. The van der Waals surface area contributed by atoms with Crippen LogP contribution in [0.5, 0.6) is 5.75 Å². The Balaban J connectivity index is 2.58. The minimum absolute atomic E-state index is 0.129. The molecule has 0 aliphatic heterocycles. The van der Waals surface area contributed by atoms with Gasteiger partial charge in [-0.1, -0.05) is 12.1 Å². The standard InChI is InChI=1S/C11H10N2O3/c1-16-9-5-3-2-4-7(9)10-8(11(14)15)6-12-13-10/h2-6H,1H3,(H,12,13)(H,14,15). The van der Waals surface area contributed by atoms with Crippen LogP contribution in [0.1, 0.15) is 10.4 Å². The predicted molar refractivity (Wildman–Crippen MR) is 57.5 cm³/mol. The van der Waals surface area contributed by atoms with Gasteiger partial charge in [0, 0.05) is 5.56 Å². The van der Waals surface area contributed by atoms with Crippen LogP contribution in [0.4, 0.5) is 0 Å². The van der Waals surface area contributed by atoms with Crippen molar-refractivity contribution in [3.63, 3.8) is 0 Å². The summed E-state index contributed by atoms with van der Waals surface area (Å²) in [4.78, 5) is 11.0. The van der Waals surface area contributed by atoms with Crippen LogP contribution >= 0.6 is 0 Å². The molecule has 82 valence electrons. The lowest BCUT2D eigenvalue weighted by Crippen LogP contribution is -1.97. The Labute approximate surface area is 91.7 Å². The molecule has 16 heavy (non-hydrogen) atoms. The first kappa shape index (κ1) is 10.2. The highest BCUT2D eigenvalue weighted by molar-refractivity contribution is 5.95. The molecule has 0 unspecified atom stereocenters. The van der Waals surface area contributed by atoms with Crippen molar-refractivity contribution >= 4 is 5.97 Å². The maximum atomic E-state index is 11.0. The zero-order chi connectivity index (χ0) is 11.5. The molecule has 0 saturated carbocycles. The molecule has 5 heteroatoms. The molecule has 0 spiro atoms. The molecule has 0 saturated heterocycles. The number of carbonyl (C=O) groups is 1. The van der Waals surface area contributed by atoms with Crippen LogP contribution in [-0.4, -0.2) is 28.4 Å². The maximum Gasteiger partial charge on any atom is 0.339 e. The molecule has 0 radical (unpaired) electrons. The van der Waals surface area contributed by atoms with Crippen molar-refractivity contribution in [1.29, 1.82) is 0 Å². The summed E-state index contributed by atoms with van der Waals surface area (Å²) in [6, 6.07) is 7.17. The van der Waals surface area contributed by atoms with Gasteiger partial charge in [-0.25, -0.2) is 4.79 Å². The molecule has 0 amide bonds. The highest BCUT2D eigenvalue weighted by Crippen LogP contribution is 2.30. The van der Waals surface area contributed by atoms with E-state index >= 15 is 0 Å². The number of rotatable bonds is 3. The number of aromatic carboxylic acids is 1. The van der Waals surface area contributed by atoms with Gasteiger partial charge in [-0.05, 0) is 12.1 Å². The van der Waals surface area contributed by atoms with Crippen LogP contribution in [0, 0.1) is 0 Å². The van der Waals surface area contributed by atoms with E-state index in [1.54, 1.807) is 12.1 Å². The van der Waals surface area contributed by atoms with E-state index in [4.69, 9.17) is 9.84 Å². The van der Waals surface area contributed by atoms with Crippen LogP contribution < -0.4 is 4.74 Å². The van der Waals surface area contributed by atoms with E-state index in [9.17, 15) is 4.79 Å². The van der Waals surface area contributed by atoms with E-state index in [1.165, 1.54) is 13.3 Å². The number of ether oxygens (including phenoxy) is 1. The van der Waals surface area contributed by atoms with Gasteiger partial charge >= 0.3 is 5.97 Å². The van der Waals surface area contributed by atoms with Gasteiger partial charge in [0.2, 0.25) is 0 Å². The minimum Gasteiger partial charge on any atom is -0.496 e. The lowest BCUT2D eigenvalue weighted by atomic mass is 10.1. The molecule has 1 aromatic heterocycles. The third-order valence-corrected chi connectivity index (χ3v) is 2.25. The average molecular weight is 218 g/mol. The normalized spacial score (nSPS) is 10.1. The molecule has 2 N–H and O–H groups in total. The number of nitrogens with one attached hydrogen (secondary N) is 1. The van der Waals surface area contributed by atoms with Crippen molar-refractivity contribution in [2.45, 2.75) is 0 Å². The number of hydrogen-bond acceptors (Lipinski definition) is 3. The summed E-state index contributed by atoms with van der Waals surface area (Å²) in [5, 5.41) is 15.4. The SMILES string of the molecule is COc1ccccc1-c1[nH]ncc1C(=O)O. The second-order valence-corrected chi connectivity index (χ2v) is 3.16. The van der Waals surface area contributed by atoms with Gasteiger partial charge in [0.1, 0.15) is 11.3 Å². The summed E-state index contributed by atoms with van der Waals surface area (Å²) < 4.78 is 5.16. The van der Waals surface area contributed by atoms with Gasteiger partial charge in [0.25, 0.3) is 0 Å². The van der Waals surface area contributed by atoms with Crippen LogP contribution in [0.15, 0.2) is 30.5 Å². The molecule has 5 nitrogen and oxygen atoms in total. The van der Waals surface area contributed by atoms with Crippen molar-refractivity contribution in [3.05, 3.63) is 36.0 Å². The first-order valence-electron chi connectivity index (χ1n) is 4.64. The second kappa shape index (κ2) is 4.06. The lowest BCUT2D eigenvalue weighted by molar-refractivity contribution is 0.0698. The summed E-state index contributed by atoms with van der Waals surface area (Å²) in [5.41, 5.74) is 1.26. The molecule has 0 atom stereocenters. The van der Waals surface area contributed by atoms with Gasteiger partial charge in [-0.2, -0.15) is 5.10 Å². The molecule has 1 heterocycles. The summed E-state index contributed by atoms with van der Waals surface area (Å²) in [6.07, 6.45) is 1.28. The number of H-pyrrole nitrogens is 1. The summed E-state index contributed by atoms with van der Waals surface area (Å²) in [6.45, 7) is 0. The van der Waals surface area contributed by atoms with Crippen LogP contribution in [0.2, 0.25) is 0 Å². The monoisotopic (exact) mass is 218 g/mol.